The minimum absolute atomic E-state index is 0.0187. The van der Waals surface area contributed by atoms with Gasteiger partial charge in [0.25, 0.3) is 0 Å². The topological polar surface area (TPSA) is 9.23 Å². The summed E-state index contributed by atoms with van der Waals surface area (Å²) < 4.78 is 39.9. The Morgan fingerprint density at radius 3 is 2.31 bits per heavy atom. The van der Waals surface area contributed by atoms with Crippen LogP contribution in [0.15, 0.2) is 6.07 Å². The minimum atomic E-state index is -4.78. The van der Waals surface area contributed by atoms with Gasteiger partial charge in [0.15, 0.2) is 0 Å². The predicted octanol–water partition coefficient (Wildman–Crippen LogP) is 4.94. The van der Waals surface area contributed by atoms with Gasteiger partial charge in [0.2, 0.25) is 0 Å². The Kier molecular flexibility index (Phi) is 4.21. The lowest BCUT2D eigenvalue weighted by Gasteiger charge is -2.15. The van der Waals surface area contributed by atoms with Crippen LogP contribution in [0.2, 0.25) is 10.0 Å². The Balaban J connectivity index is 3.23. The molecule has 0 aromatic heterocycles. The Morgan fingerprint density at radius 2 is 1.88 bits per heavy atom. The molecule has 0 saturated heterocycles. The van der Waals surface area contributed by atoms with Crippen LogP contribution < -0.4 is 4.74 Å². The summed E-state index contributed by atoms with van der Waals surface area (Å²) in [5.74, 6) is -0.401. The fourth-order valence-corrected chi connectivity index (χ4v) is 2.09. The zero-order chi connectivity index (χ0) is 12.5. The molecule has 0 amide bonds. The molecule has 7 heteroatoms. The molecule has 1 rings (SSSR count). The van der Waals surface area contributed by atoms with Gasteiger partial charge in [-0.15, -0.1) is 24.8 Å². The zero-order valence-corrected chi connectivity index (χ0v) is 10.2. The molecule has 0 radical (unpaired) electrons. The summed E-state index contributed by atoms with van der Waals surface area (Å²) in [7, 11) is 0. The molecule has 0 aliphatic rings. The maximum Gasteiger partial charge on any atom is 0.573 e. The van der Waals surface area contributed by atoms with Gasteiger partial charge in [-0.05, 0) is 13.0 Å². The maximum atomic E-state index is 12.0. The van der Waals surface area contributed by atoms with Crippen molar-refractivity contribution in [2.45, 2.75) is 19.2 Å². The van der Waals surface area contributed by atoms with Crippen molar-refractivity contribution in [1.29, 1.82) is 0 Å². The number of hydrogen-bond acceptors (Lipinski definition) is 1. The van der Waals surface area contributed by atoms with E-state index in [1.54, 1.807) is 0 Å². The van der Waals surface area contributed by atoms with Crippen LogP contribution in [0.3, 0.4) is 0 Å². The van der Waals surface area contributed by atoms with E-state index in [1.807, 2.05) is 0 Å². The largest absolute Gasteiger partial charge is 0.573 e. The molecule has 0 aliphatic heterocycles. The van der Waals surface area contributed by atoms with Gasteiger partial charge in [0.05, 0.1) is 15.9 Å². The van der Waals surface area contributed by atoms with E-state index >= 15 is 0 Å². The third-order valence-corrected chi connectivity index (χ3v) is 2.99. The first kappa shape index (κ1) is 13.7. The molecular weight excluding hydrogens is 287 g/mol. The lowest BCUT2D eigenvalue weighted by Crippen LogP contribution is -2.18. The molecule has 1 aromatic rings. The first-order chi connectivity index (χ1) is 7.26. The van der Waals surface area contributed by atoms with E-state index in [4.69, 9.17) is 34.8 Å². The molecule has 90 valence electrons. The molecule has 0 bridgehead atoms. The van der Waals surface area contributed by atoms with E-state index in [0.717, 1.165) is 6.07 Å². The van der Waals surface area contributed by atoms with Crippen molar-refractivity contribution in [2.24, 2.45) is 0 Å². The number of rotatable bonds is 2. The van der Waals surface area contributed by atoms with E-state index in [-0.39, 0.29) is 21.5 Å². The molecule has 0 aliphatic carbocycles. The number of halogens is 6. The summed E-state index contributed by atoms with van der Waals surface area (Å²) in [6, 6.07) is 1.05. The van der Waals surface area contributed by atoms with Crippen molar-refractivity contribution in [3.63, 3.8) is 0 Å². The van der Waals surface area contributed by atoms with E-state index in [9.17, 15) is 13.2 Å². The first-order valence-electron chi connectivity index (χ1n) is 4.05. The van der Waals surface area contributed by atoms with Crippen LogP contribution in [-0.2, 0) is 5.88 Å². The van der Waals surface area contributed by atoms with Gasteiger partial charge in [-0.1, -0.05) is 23.2 Å². The summed E-state index contributed by atoms with van der Waals surface area (Å²) in [6.07, 6.45) is -4.78. The number of hydrogen-bond donors (Lipinski definition) is 0. The Hall–Kier alpha value is -0.320. The van der Waals surface area contributed by atoms with Gasteiger partial charge >= 0.3 is 6.36 Å². The normalized spacial score (nSPS) is 11.7. The van der Waals surface area contributed by atoms with Crippen LogP contribution in [0.5, 0.6) is 5.75 Å². The average molecular weight is 293 g/mol. The van der Waals surface area contributed by atoms with Crippen LogP contribution in [0.4, 0.5) is 13.2 Å². The second kappa shape index (κ2) is 4.90. The molecule has 16 heavy (non-hydrogen) atoms. The van der Waals surface area contributed by atoms with Gasteiger partial charge in [-0.25, -0.2) is 0 Å². The fraction of sp³-hybridized carbons (Fsp3) is 0.333. The highest BCUT2D eigenvalue weighted by molar-refractivity contribution is 6.37. The van der Waals surface area contributed by atoms with Gasteiger partial charge < -0.3 is 4.74 Å². The quantitative estimate of drug-likeness (QED) is 0.702. The lowest BCUT2D eigenvalue weighted by atomic mass is 10.1. The smallest absolute Gasteiger partial charge is 0.405 e. The van der Waals surface area contributed by atoms with Crippen molar-refractivity contribution in [1.82, 2.24) is 0 Å². The van der Waals surface area contributed by atoms with Crippen molar-refractivity contribution >= 4 is 34.8 Å². The van der Waals surface area contributed by atoms with Gasteiger partial charge in [-0.2, -0.15) is 0 Å². The van der Waals surface area contributed by atoms with Crippen molar-refractivity contribution in [3.8, 4) is 5.75 Å². The average Bonchev–Trinajstić information content (AvgIpc) is 2.12. The van der Waals surface area contributed by atoms with E-state index < -0.39 is 12.1 Å². The van der Waals surface area contributed by atoms with Crippen molar-refractivity contribution in [2.75, 3.05) is 0 Å². The second-order valence-electron chi connectivity index (χ2n) is 2.96. The third kappa shape index (κ3) is 3.09. The Morgan fingerprint density at radius 1 is 1.31 bits per heavy atom. The molecule has 1 aromatic carbocycles. The molecule has 1 nitrogen and oxygen atoms in total. The van der Waals surface area contributed by atoms with Gasteiger partial charge in [0, 0.05) is 11.1 Å². The predicted molar refractivity (Wildman–Crippen MR) is 57.4 cm³/mol. The summed E-state index contributed by atoms with van der Waals surface area (Å²) in [6.45, 7) is 1.40. The Bertz CT molecular complexity index is 404. The highest BCUT2D eigenvalue weighted by atomic mass is 35.5. The summed E-state index contributed by atoms with van der Waals surface area (Å²) in [4.78, 5) is 0. The monoisotopic (exact) mass is 292 g/mol. The minimum Gasteiger partial charge on any atom is -0.405 e. The van der Waals surface area contributed by atoms with Crippen LogP contribution in [0.25, 0.3) is 0 Å². The Labute approximate surface area is 105 Å². The van der Waals surface area contributed by atoms with Crippen molar-refractivity contribution < 1.29 is 17.9 Å². The van der Waals surface area contributed by atoms with E-state index in [2.05, 4.69) is 4.74 Å². The number of alkyl halides is 4. The number of benzene rings is 1. The van der Waals surface area contributed by atoms with Crippen LogP contribution in [0.1, 0.15) is 11.1 Å². The summed E-state index contributed by atoms with van der Waals surface area (Å²) in [5.41, 5.74) is 0.538. The van der Waals surface area contributed by atoms with Crippen molar-refractivity contribution in [3.05, 3.63) is 27.2 Å². The van der Waals surface area contributed by atoms with E-state index in [0.29, 0.717) is 5.56 Å². The maximum absolute atomic E-state index is 12.0. The zero-order valence-electron chi connectivity index (χ0n) is 7.96. The van der Waals surface area contributed by atoms with Crippen LogP contribution in [-0.4, -0.2) is 6.36 Å². The highest BCUT2D eigenvalue weighted by Gasteiger charge is 2.32. The third-order valence-electron chi connectivity index (χ3n) is 1.87. The molecule has 0 atom stereocenters. The van der Waals surface area contributed by atoms with Gasteiger partial charge in [-0.3, -0.25) is 0 Å². The highest BCUT2D eigenvalue weighted by Crippen LogP contribution is 2.37. The molecule has 0 spiro atoms. The standard InChI is InChI=1S/C9H6Cl3F3O/c1-4-7(16-9(13,14)15)2-6(11)5(3-10)8(4)12/h2H,3H2,1H3. The summed E-state index contributed by atoms with van der Waals surface area (Å²) >= 11 is 17.1. The van der Waals surface area contributed by atoms with Gasteiger partial charge in [0.1, 0.15) is 5.75 Å². The van der Waals surface area contributed by atoms with E-state index in [1.165, 1.54) is 6.92 Å². The van der Waals surface area contributed by atoms with Crippen LogP contribution in [0, 0.1) is 6.92 Å². The molecule has 0 N–H and O–H groups in total. The first-order valence-corrected chi connectivity index (χ1v) is 5.34. The molecular formula is C9H6Cl3F3O. The molecule has 0 saturated carbocycles. The number of ether oxygens (including phenoxy) is 1. The second-order valence-corrected chi connectivity index (χ2v) is 4.01. The SMILES string of the molecule is Cc1c(OC(F)(F)F)cc(Cl)c(CCl)c1Cl. The lowest BCUT2D eigenvalue weighted by molar-refractivity contribution is -0.274. The molecule has 0 fully saturated rings. The fourth-order valence-electron chi connectivity index (χ4n) is 1.10. The molecule has 0 unspecified atom stereocenters. The molecule has 0 heterocycles. The summed E-state index contributed by atoms with van der Waals surface area (Å²) in [5, 5.41) is 0.131. The van der Waals surface area contributed by atoms with Crippen LogP contribution >= 0.6 is 34.8 Å².